The summed E-state index contributed by atoms with van der Waals surface area (Å²) in [5, 5.41) is 8.45. The second-order valence-electron chi connectivity index (χ2n) is 7.49. The first-order valence-electron chi connectivity index (χ1n) is 10.1. The summed E-state index contributed by atoms with van der Waals surface area (Å²) in [6, 6.07) is 12.7. The second-order valence-corrected chi connectivity index (χ2v) is 8.70. The summed E-state index contributed by atoms with van der Waals surface area (Å²) in [7, 11) is 0. The fourth-order valence-electron chi connectivity index (χ4n) is 3.46. The number of aliphatic carboxylic acids is 1. The number of hydrogen-bond donors (Lipinski definition) is 2. The Labute approximate surface area is 181 Å². The van der Waals surface area contributed by atoms with E-state index in [1.807, 2.05) is 13.0 Å². The van der Waals surface area contributed by atoms with Crippen LogP contribution in [-0.2, 0) is 24.1 Å². The summed E-state index contributed by atoms with van der Waals surface area (Å²) in [4.78, 5) is 15.1. The minimum absolute atomic E-state index is 0.652. The molecule has 3 aromatic rings. The standard InChI is InChI=1S/C22H24N2OS.C2H4O2/c1-14-6-7-18(13-20(14)23)22-24-21(15(2)26-22)10-11-25-19-9-8-16-4-3-5-17(16)12-19;1-2(3)4/h6-9,12-13H,3-5,10-11,23H2,1-2H3;1H3,(H,3,4). The minimum Gasteiger partial charge on any atom is -0.493 e. The molecule has 0 spiro atoms. The van der Waals surface area contributed by atoms with Crippen LogP contribution in [0.1, 0.15) is 40.6 Å². The van der Waals surface area contributed by atoms with Crippen molar-refractivity contribution in [2.24, 2.45) is 0 Å². The highest BCUT2D eigenvalue weighted by atomic mass is 32.1. The smallest absolute Gasteiger partial charge is 0.300 e. The van der Waals surface area contributed by atoms with Gasteiger partial charge in [-0.25, -0.2) is 4.98 Å². The van der Waals surface area contributed by atoms with Crippen molar-refractivity contribution in [3.05, 3.63) is 63.7 Å². The van der Waals surface area contributed by atoms with Crippen LogP contribution in [-0.4, -0.2) is 22.7 Å². The van der Waals surface area contributed by atoms with Crippen molar-refractivity contribution >= 4 is 23.0 Å². The Bertz CT molecular complexity index is 1040. The molecule has 0 bridgehead atoms. The quantitative estimate of drug-likeness (QED) is 0.549. The van der Waals surface area contributed by atoms with Gasteiger partial charge in [0.2, 0.25) is 0 Å². The van der Waals surface area contributed by atoms with Gasteiger partial charge in [0.25, 0.3) is 5.97 Å². The van der Waals surface area contributed by atoms with Gasteiger partial charge in [-0.2, -0.15) is 0 Å². The van der Waals surface area contributed by atoms with Crippen LogP contribution in [0.4, 0.5) is 5.69 Å². The maximum absolute atomic E-state index is 9.00. The minimum atomic E-state index is -0.833. The number of ether oxygens (including phenoxy) is 1. The lowest BCUT2D eigenvalue weighted by molar-refractivity contribution is -0.134. The van der Waals surface area contributed by atoms with Crippen LogP contribution in [0.2, 0.25) is 0 Å². The van der Waals surface area contributed by atoms with E-state index in [0.29, 0.717) is 6.61 Å². The molecule has 1 aliphatic rings. The molecule has 4 rings (SSSR count). The summed E-state index contributed by atoms with van der Waals surface area (Å²) in [5.74, 6) is 0.144. The fourth-order valence-corrected chi connectivity index (χ4v) is 4.42. The first kappa shape index (κ1) is 21.8. The molecule has 0 saturated carbocycles. The Balaban J connectivity index is 0.000000589. The summed E-state index contributed by atoms with van der Waals surface area (Å²) in [6.45, 7) is 5.89. The van der Waals surface area contributed by atoms with Gasteiger partial charge in [0.1, 0.15) is 10.8 Å². The Kier molecular flexibility index (Phi) is 7.11. The lowest BCUT2D eigenvalue weighted by Gasteiger charge is -2.07. The molecule has 2 aromatic carbocycles. The van der Waals surface area contributed by atoms with Gasteiger partial charge in [-0.05, 0) is 68.0 Å². The fraction of sp³-hybridized carbons (Fsp3) is 0.333. The van der Waals surface area contributed by atoms with E-state index in [1.165, 1.54) is 35.3 Å². The number of benzene rings is 2. The largest absolute Gasteiger partial charge is 0.493 e. The van der Waals surface area contributed by atoms with Gasteiger partial charge in [0.05, 0.1) is 12.3 Å². The highest BCUT2D eigenvalue weighted by Crippen LogP contribution is 2.30. The van der Waals surface area contributed by atoms with Crippen LogP contribution in [0.15, 0.2) is 36.4 Å². The number of nitrogen functional groups attached to an aromatic ring is 1. The van der Waals surface area contributed by atoms with E-state index in [0.717, 1.165) is 46.6 Å². The number of nitrogens with zero attached hydrogens (tertiary/aromatic N) is 1. The monoisotopic (exact) mass is 424 g/mol. The number of rotatable bonds is 5. The van der Waals surface area contributed by atoms with Crippen molar-refractivity contribution < 1.29 is 14.6 Å². The Morgan fingerprint density at radius 3 is 2.63 bits per heavy atom. The van der Waals surface area contributed by atoms with Crippen LogP contribution in [0.5, 0.6) is 5.75 Å². The van der Waals surface area contributed by atoms with E-state index in [9.17, 15) is 0 Å². The van der Waals surface area contributed by atoms with E-state index >= 15 is 0 Å². The molecule has 3 N–H and O–H groups in total. The van der Waals surface area contributed by atoms with E-state index in [2.05, 4.69) is 37.3 Å². The van der Waals surface area contributed by atoms with Gasteiger partial charge in [0, 0.05) is 29.5 Å². The number of nitrogens with two attached hydrogens (primary N) is 1. The predicted molar refractivity (Wildman–Crippen MR) is 122 cm³/mol. The van der Waals surface area contributed by atoms with Crippen molar-refractivity contribution in [1.29, 1.82) is 0 Å². The molecule has 1 heterocycles. The van der Waals surface area contributed by atoms with Gasteiger partial charge >= 0.3 is 0 Å². The number of carbonyl (C=O) groups is 1. The lowest BCUT2D eigenvalue weighted by Crippen LogP contribution is -2.03. The average molecular weight is 425 g/mol. The number of carboxylic acids is 1. The normalized spacial score (nSPS) is 12.1. The molecule has 0 aliphatic heterocycles. The van der Waals surface area contributed by atoms with E-state index < -0.39 is 5.97 Å². The second kappa shape index (κ2) is 9.76. The third-order valence-electron chi connectivity index (χ3n) is 5.10. The number of aryl methyl sites for hydroxylation is 4. The number of thiazole rings is 1. The molecule has 1 aromatic heterocycles. The first-order valence-corrected chi connectivity index (χ1v) is 10.9. The van der Waals surface area contributed by atoms with Crippen LogP contribution in [0, 0.1) is 13.8 Å². The summed E-state index contributed by atoms with van der Waals surface area (Å²) in [6.07, 6.45) is 4.48. The van der Waals surface area contributed by atoms with E-state index in [1.54, 1.807) is 11.3 Å². The molecule has 158 valence electrons. The van der Waals surface area contributed by atoms with E-state index in [-0.39, 0.29) is 0 Å². The molecule has 0 radical (unpaired) electrons. The maximum Gasteiger partial charge on any atom is 0.300 e. The molecule has 0 unspecified atom stereocenters. The molecular weight excluding hydrogens is 396 g/mol. The van der Waals surface area contributed by atoms with Gasteiger partial charge in [-0.1, -0.05) is 18.2 Å². The Hall–Kier alpha value is -2.86. The third kappa shape index (κ3) is 5.60. The van der Waals surface area contributed by atoms with Crippen molar-refractivity contribution in [3.63, 3.8) is 0 Å². The maximum atomic E-state index is 9.00. The number of aromatic nitrogens is 1. The van der Waals surface area contributed by atoms with Crippen molar-refractivity contribution in [2.45, 2.75) is 46.5 Å². The van der Waals surface area contributed by atoms with Gasteiger partial charge in [-0.3, -0.25) is 4.79 Å². The number of anilines is 1. The number of hydrogen-bond acceptors (Lipinski definition) is 5. The van der Waals surface area contributed by atoms with Crippen LogP contribution in [0.25, 0.3) is 10.6 Å². The zero-order valence-corrected chi connectivity index (χ0v) is 18.5. The summed E-state index contributed by atoms with van der Waals surface area (Å²) < 4.78 is 5.98. The zero-order chi connectivity index (χ0) is 21.7. The predicted octanol–water partition coefficient (Wildman–Crippen LogP) is 5.21. The highest BCUT2D eigenvalue weighted by molar-refractivity contribution is 7.15. The Morgan fingerprint density at radius 2 is 1.90 bits per heavy atom. The number of carboxylic acid groups (broad SMARTS) is 1. The lowest BCUT2D eigenvalue weighted by atomic mass is 10.1. The number of fused-ring (bicyclic) bond motifs is 1. The van der Waals surface area contributed by atoms with Crippen LogP contribution >= 0.6 is 11.3 Å². The molecule has 0 atom stereocenters. The zero-order valence-electron chi connectivity index (χ0n) is 17.7. The third-order valence-corrected chi connectivity index (χ3v) is 6.16. The first-order chi connectivity index (χ1) is 14.3. The SMILES string of the molecule is CC(=O)O.Cc1ccc(-c2nc(CCOc3ccc4c(c3)CCC4)c(C)s2)cc1N. The summed E-state index contributed by atoms with van der Waals surface area (Å²) >= 11 is 1.72. The molecule has 30 heavy (non-hydrogen) atoms. The average Bonchev–Trinajstić information content (AvgIpc) is 3.30. The van der Waals surface area contributed by atoms with Crippen molar-refractivity contribution in [1.82, 2.24) is 4.98 Å². The van der Waals surface area contributed by atoms with Gasteiger partial charge in [0.15, 0.2) is 0 Å². The molecule has 5 nitrogen and oxygen atoms in total. The molecule has 0 amide bonds. The van der Waals surface area contributed by atoms with Crippen molar-refractivity contribution in [3.8, 4) is 16.3 Å². The topological polar surface area (TPSA) is 85.4 Å². The van der Waals surface area contributed by atoms with Gasteiger partial charge in [-0.15, -0.1) is 11.3 Å². The van der Waals surface area contributed by atoms with Crippen molar-refractivity contribution in [2.75, 3.05) is 12.3 Å². The van der Waals surface area contributed by atoms with Crippen LogP contribution < -0.4 is 10.5 Å². The molecule has 6 heteroatoms. The highest BCUT2D eigenvalue weighted by Gasteiger charge is 2.13. The molecule has 1 aliphatic carbocycles. The summed E-state index contributed by atoms with van der Waals surface area (Å²) in [5.41, 5.74) is 13.1. The molecule has 0 saturated heterocycles. The van der Waals surface area contributed by atoms with Gasteiger partial charge < -0.3 is 15.6 Å². The molecule has 0 fully saturated rings. The molecular formula is C24H28N2O3S. The van der Waals surface area contributed by atoms with E-state index in [4.69, 9.17) is 25.4 Å². The van der Waals surface area contributed by atoms with Crippen LogP contribution in [0.3, 0.4) is 0 Å². The Morgan fingerprint density at radius 1 is 1.17 bits per heavy atom.